The van der Waals surface area contributed by atoms with Gasteiger partial charge >= 0.3 is 0 Å². The van der Waals surface area contributed by atoms with E-state index in [0.29, 0.717) is 0 Å². The van der Waals surface area contributed by atoms with Crippen molar-refractivity contribution < 1.29 is 0 Å². The molecule has 0 spiro atoms. The zero-order valence-electron chi connectivity index (χ0n) is 11.2. The smallest absolute Gasteiger partial charge is 0.0630 e. The Hall–Kier alpha value is -1.89. The second-order valence-corrected chi connectivity index (χ2v) is 5.47. The highest BCUT2D eigenvalue weighted by atomic mass is 14.7. The lowest BCUT2D eigenvalue weighted by Crippen LogP contribution is -2.10. The summed E-state index contributed by atoms with van der Waals surface area (Å²) in [6.07, 6.45) is 1.89. The molecule has 0 saturated carbocycles. The Bertz CT molecular complexity index is 516. The maximum absolute atomic E-state index is 4.47. The van der Waals surface area contributed by atoms with E-state index in [2.05, 4.69) is 50.0 Å². The molecule has 1 nitrogen and oxygen atoms in total. The molecule has 0 aliphatic rings. The van der Waals surface area contributed by atoms with Crippen molar-refractivity contribution in [1.82, 2.24) is 0 Å². The summed E-state index contributed by atoms with van der Waals surface area (Å²) in [5, 5.41) is 0. The van der Waals surface area contributed by atoms with Crippen molar-refractivity contribution in [3.05, 3.63) is 65.7 Å². The fourth-order valence-corrected chi connectivity index (χ4v) is 1.74. The maximum Gasteiger partial charge on any atom is 0.0630 e. The standard InChI is InChI=1S/C17H19N/c1-17(2,3)15-9-11-16(12-10-15)18-13-14-7-5-4-6-8-14/h4-13H,1-3H3. The molecule has 1 heteroatoms. The van der Waals surface area contributed by atoms with E-state index >= 15 is 0 Å². The van der Waals surface area contributed by atoms with Crippen LogP contribution >= 0.6 is 0 Å². The van der Waals surface area contributed by atoms with Crippen LogP contribution in [0, 0.1) is 0 Å². The van der Waals surface area contributed by atoms with Crippen molar-refractivity contribution in [2.24, 2.45) is 4.99 Å². The van der Waals surface area contributed by atoms with Crippen molar-refractivity contribution in [2.75, 3.05) is 0 Å². The molecule has 0 saturated heterocycles. The average molecular weight is 237 g/mol. The molecule has 0 heterocycles. The van der Waals surface area contributed by atoms with Crippen molar-refractivity contribution in [3.8, 4) is 0 Å². The van der Waals surface area contributed by atoms with E-state index < -0.39 is 0 Å². The molecule has 92 valence electrons. The van der Waals surface area contributed by atoms with Gasteiger partial charge in [-0.15, -0.1) is 0 Å². The van der Waals surface area contributed by atoms with Crippen LogP contribution in [0.5, 0.6) is 0 Å². The van der Waals surface area contributed by atoms with Crippen molar-refractivity contribution in [3.63, 3.8) is 0 Å². The summed E-state index contributed by atoms with van der Waals surface area (Å²) in [5.74, 6) is 0. The number of nitrogens with zero attached hydrogens (tertiary/aromatic N) is 1. The molecular weight excluding hydrogens is 218 g/mol. The average Bonchev–Trinajstić information content (AvgIpc) is 2.37. The van der Waals surface area contributed by atoms with Gasteiger partial charge in [-0.05, 0) is 28.7 Å². The summed E-state index contributed by atoms with van der Waals surface area (Å²) < 4.78 is 0. The van der Waals surface area contributed by atoms with Gasteiger partial charge in [-0.1, -0.05) is 63.2 Å². The second kappa shape index (κ2) is 5.18. The highest BCUT2D eigenvalue weighted by Gasteiger charge is 2.12. The number of benzene rings is 2. The minimum atomic E-state index is 0.196. The largest absolute Gasteiger partial charge is 0.256 e. The van der Waals surface area contributed by atoms with Gasteiger partial charge in [-0.2, -0.15) is 0 Å². The van der Waals surface area contributed by atoms with E-state index in [4.69, 9.17) is 0 Å². The minimum absolute atomic E-state index is 0.196. The molecule has 0 amide bonds. The number of aliphatic imine (C=N–C) groups is 1. The molecular formula is C17H19N. The van der Waals surface area contributed by atoms with E-state index in [1.54, 1.807) is 0 Å². The third kappa shape index (κ3) is 3.30. The van der Waals surface area contributed by atoms with Gasteiger partial charge in [0.1, 0.15) is 0 Å². The van der Waals surface area contributed by atoms with Crippen LogP contribution in [-0.4, -0.2) is 6.21 Å². The van der Waals surface area contributed by atoms with Gasteiger partial charge in [-0.25, -0.2) is 0 Å². The Balaban J connectivity index is 2.14. The topological polar surface area (TPSA) is 12.4 Å². The summed E-state index contributed by atoms with van der Waals surface area (Å²) >= 11 is 0. The van der Waals surface area contributed by atoms with Gasteiger partial charge in [0.15, 0.2) is 0 Å². The molecule has 0 radical (unpaired) electrons. The Kier molecular flexibility index (Phi) is 3.61. The van der Waals surface area contributed by atoms with Crippen LogP contribution in [-0.2, 0) is 5.41 Å². The third-order valence-corrected chi connectivity index (χ3v) is 2.90. The van der Waals surface area contributed by atoms with Gasteiger partial charge in [0.05, 0.1) is 5.69 Å². The molecule has 0 aromatic heterocycles. The van der Waals surface area contributed by atoms with Crippen LogP contribution in [0.1, 0.15) is 31.9 Å². The van der Waals surface area contributed by atoms with Crippen molar-refractivity contribution >= 4 is 11.9 Å². The van der Waals surface area contributed by atoms with Gasteiger partial charge in [-0.3, -0.25) is 4.99 Å². The molecule has 2 aromatic carbocycles. The first kappa shape index (κ1) is 12.6. The van der Waals surface area contributed by atoms with Gasteiger partial charge in [0, 0.05) is 6.21 Å². The molecule has 2 aromatic rings. The van der Waals surface area contributed by atoms with E-state index in [1.165, 1.54) is 5.56 Å². The Labute approximate surface area is 109 Å². The Morgan fingerprint density at radius 2 is 1.44 bits per heavy atom. The fourth-order valence-electron chi connectivity index (χ4n) is 1.74. The third-order valence-electron chi connectivity index (χ3n) is 2.90. The monoisotopic (exact) mass is 237 g/mol. The van der Waals surface area contributed by atoms with Crippen LogP contribution in [0.4, 0.5) is 5.69 Å². The van der Waals surface area contributed by atoms with Gasteiger partial charge < -0.3 is 0 Å². The maximum atomic E-state index is 4.47. The molecule has 18 heavy (non-hydrogen) atoms. The van der Waals surface area contributed by atoms with Crippen LogP contribution in [0.15, 0.2) is 59.6 Å². The van der Waals surface area contributed by atoms with Crippen LogP contribution in [0.2, 0.25) is 0 Å². The second-order valence-electron chi connectivity index (χ2n) is 5.47. The first-order chi connectivity index (χ1) is 8.55. The summed E-state index contributed by atoms with van der Waals surface area (Å²) in [4.78, 5) is 4.47. The number of hydrogen-bond donors (Lipinski definition) is 0. The van der Waals surface area contributed by atoms with Crippen molar-refractivity contribution in [2.45, 2.75) is 26.2 Å². The highest BCUT2D eigenvalue weighted by Crippen LogP contribution is 2.24. The number of rotatable bonds is 2. The molecule has 0 unspecified atom stereocenters. The SMILES string of the molecule is CC(C)(C)c1ccc(N=Cc2ccccc2)cc1. The van der Waals surface area contributed by atoms with Crippen LogP contribution in [0.25, 0.3) is 0 Å². The van der Waals surface area contributed by atoms with E-state index in [0.717, 1.165) is 11.3 Å². The molecule has 0 fully saturated rings. The first-order valence-corrected chi connectivity index (χ1v) is 6.25. The predicted octanol–water partition coefficient (Wildman–Crippen LogP) is 4.73. The fraction of sp³-hybridized carbons (Fsp3) is 0.235. The lowest BCUT2D eigenvalue weighted by Gasteiger charge is -2.18. The molecule has 2 rings (SSSR count). The zero-order valence-corrected chi connectivity index (χ0v) is 11.2. The summed E-state index contributed by atoms with van der Waals surface area (Å²) in [6.45, 7) is 6.65. The molecule has 0 atom stereocenters. The lowest BCUT2D eigenvalue weighted by molar-refractivity contribution is 0.590. The van der Waals surface area contributed by atoms with Gasteiger partial charge in [0.25, 0.3) is 0 Å². The van der Waals surface area contributed by atoms with Crippen LogP contribution in [0.3, 0.4) is 0 Å². The molecule has 0 bridgehead atoms. The van der Waals surface area contributed by atoms with E-state index in [9.17, 15) is 0 Å². The molecule has 0 aliphatic heterocycles. The molecule has 0 N–H and O–H groups in total. The summed E-state index contributed by atoms with van der Waals surface area (Å²) in [7, 11) is 0. The minimum Gasteiger partial charge on any atom is -0.256 e. The van der Waals surface area contributed by atoms with Gasteiger partial charge in [0.2, 0.25) is 0 Å². The van der Waals surface area contributed by atoms with E-state index in [-0.39, 0.29) is 5.41 Å². The normalized spacial score (nSPS) is 11.9. The molecule has 0 aliphatic carbocycles. The Morgan fingerprint density at radius 1 is 0.833 bits per heavy atom. The zero-order chi connectivity index (χ0) is 13.0. The van der Waals surface area contributed by atoms with Crippen LogP contribution < -0.4 is 0 Å². The summed E-state index contributed by atoms with van der Waals surface area (Å²) in [6, 6.07) is 18.6. The van der Waals surface area contributed by atoms with E-state index in [1.807, 2.05) is 36.5 Å². The highest BCUT2D eigenvalue weighted by molar-refractivity contribution is 5.81. The Morgan fingerprint density at radius 3 is 2.00 bits per heavy atom. The summed E-state index contributed by atoms with van der Waals surface area (Å²) in [5.41, 5.74) is 3.65. The number of hydrogen-bond acceptors (Lipinski definition) is 1. The van der Waals surface area contributed by atoms with Crippen molar-refractivity contribution in [1.29, 1.82) is 0 Å². The first-order valence-electron chi connectivity index (χ1n) is 6.25. The lowest BCUT2D eigenvalue weighted by atomic mass is 9.87. The quantitative estimate of drug-likeness (QED) is 0.669. The predicted molar refractivity (Wildman–Crippen MR) is 78.8 cm³/mol.